The minimum absolute atomic E-state index is 0.0445. The summed E-state index contributed by atoms with van der Waals surface area (Å²) in [6.45, 7) is 1.94. The van der Waals surface area contributed by atoms with Crippen molar-refractivity contribution >= 4 is 17.8 Å². The second-order valence-corrected chi connectivity index (χ2v) is 6.04. The van der Waals surface area contributed by atoms with Gasteiger partial charge in [0.1, 0.15) is 5.69 Å². The monoisotopic (exact) mass is 353 g/mol. The lowest BCUT2D eigenvalue weighted by Gasteiger charge is -2.22. The zero-order chi connectivity index (χ0) is 18.5. The van der Waals surface area contributed by atoms with Crippen LogP contribution in [-0.2, 0) is 0 Å². The number of hydrogen-bond acceptors (Lipinski definition) is 4. The molecule has 2 amide bonds. The molecule has 0 aliphatic carbocycles. The molecule has 0 saturated carbocycles. The SMILES string of the molecule is O=C(O)c1cc(C(=O)N2CCCN(C(=O)c3ccccc3)CC2)ccn1. The molecule has 7 heteroatoms. The van der Waals surface area contributed by atoms with Crippen molar-refractivity contribution in [3.8, 4) is 0 Å². The van der Waals surface area contributed by atoms with Gasteiger partial charge in [-0.3, -0.25) is 9.59 Å². The molecule has 26 heavy (non-hydrogen) atoms. The summed E-state index contributed by atoms with van der Waals surface area (Å²) in [4.78, 5) is 43.4. The van der Waals surface area contributed by atoms with E-state index in [1.54, 1.807) is 21.9 Å². The number of carboxylic acid groups (broad SMARTS) is 1. The van der Waals surface area contributed by atoms with E-state index < -0.39 is 5.97 Å². The lowest BCUT2D eigenvalue weighted by Crippen LogP contribution is -2.37. The molecule has 3 rings (SSSR count). The predicted molar refractivity (Wildman–Crippen MR) is 94.1 cm³/mol. The van der Waals surface area contributed by atoms with Gasteiger partial charge in [-0.1, -0.05) is 18.2 Å². The largest absolute Gasteiger partial charge is 0.477 e. The number of aromatic nitrogens is 1. The van der Waals surface area contributed by atoms with Crippen LogP contribution in [0.25, 0.3) is 0 Å². The Hall–Kier alpha value is -3.22. The fraction of sp³-hybridized carbons (Fsp3) is 0.263. The Morgan fingerprint density at radius 2 is 1.46 bits per heavy atom. The topological polar surface area (TPSA) is 90.8 Å². The Balaban J connectivity index is 1.68. The van der Waals surface area contributed by atoms with Crippen molar-refractivity contribution in [1.29, 1.82) is 0 Å². The van der Waals surface area contributed by atoms with E-state index in [4.69, 9.17) is 5.11 Å². The Labute approximate surface area is 150 Å². The molecule has 134 valence electrons. The smallest absolute Gasteiger partial charge is 0.354 e. The Bertz CT molecular complexity index is 823. The molecule has 1 saturated heterocycles. The van der Waals surface area contributed by atoms with Crippen LogP contribution in [0.2, 0.25) is 0 Å². The number of hydrogen-bond donors (Lipinski definition) is 1. The molecule has 1 aromatic heterocycles. The van der Waals surface area contributed by atoms with E-state index in [9.17, 15) is 14.4 Å². The van der Waals surface area contributed by atoms with Gasteiger partial charge in [-0.25, -0.2) is 9.78 Å². The number of aromatic carboxylic acids is 1. The lowest BCUT2D eigenvalue weighted by atomic mass is 10.2. The van der Waals surface area contributed by atoms with Gasteiger partial charge < -0.3 is 14.9 Å². The van der Waals surface area contributed by atoms with E-state index in [2.05, 4.69) is 4.98 Å². The van der Waals surface area contributed by atoms with Crippen molar-refractivity contribution in [2.24, 2.45) is 0 Å². The summed E-state index contributed by atoms with van der Waals surface area (Å²) in [5, 5.41) is 9.02. The molecule has 0 atom stereocenters. The van der Waals surface area contributed by atoms with Crippen molar-refractivity contribution in [2.75, 3.05) is 26.2 Å². The maximum atomic E-state index is 12.7. The van der Waals surface area contributed by atoms with Gasteiger partial charge in [-0.2, -0.15) is 0 Å². The zero-order valence-electron chi connectivity index (χ0n) is 14.2. The molecule has 2 heterocycles. The van der Waals surface area contributed by atoms with Gasteiger partial charge in [0, 0.05) is 43.5 Å². The van der Waals surface area contributed by atoms with E-state index in [-0.39, 0.29) is 17.5 Å². The summed E-state index contributed by atoms with van der Waals surface area (Å²) in [5.41, 5.74) is 0.763. The van der Waals surface area contributed by atoms with E-state index in [0.717, 1.165) is 0 Å². The summed E-state index contributed by atoms with van der Waals surface area (Å²) in [7, 11) is 0. The van der Waals surface area contributed by atoms with E-state index in [0.29, 0.717) is 43.7 Å². The molecule has 1 N–H and O–H groups in total. The number of rotatable bonds is 3. The standard InChI is InChI=1S/C19H19N3O4/c23-17(14-5-2-1-3-6-14)21-9-4-10-22(12-11-21)18(24)15-7-8-20-16(13-15)19(25)26/h1-3,5-8,13H,4,9-12H2,(H,25,26). The number of benzene rings is 1. The quantitative estimate of drug-likeness (QED) is 0.908. The highest BCUT2D eigenvalue weighted by molar-refractivity contribution is 5.97. The first-order valence-electron chi connectivity index (χ1n) is 8.39. The lowest BCUT2D eigenvalue weighted by molar-refractivity contribution is 0.0688. The van der Waals surface area contributed by atoms with Crippen LogP contribution in [-0.4, -0.2) is 63.9 Å². The van der Waals surface area contributed by atoms with Crippen LogP contribution in [0.1, 0.15) is 37.6 Å². The molecule has 1 aliphatic rings. The number of carbonyl (C=O) groups is 3. The summed E-state index contributed by atoms with van der Waals surface area (Å²) in [6.07, 6.45) is 1.99. The molecule has 0 radical (unpaired) electrons. The Morgan fingerprint density at radius 3 is 2.08 bits per heavy atom. The molecule has 2 aromatic rings. The molecular weight excluding hydrogens is 334 g/mol. The summed E-state index contributed by atoms with van der Waals surface area (Å²) >= 11 is 0. The predicted octanol–water partition coefficient (Wildman–Crippen LogP) is 1.77. The van der Waals surface area contributed by atoms with Crippen LogP contribution in [0.5, 0.6) is 0 Å². The summed E-state index contributed by atoms with van der Waals surface area (Å²) in [6, 6.07) is 11.9. The van der Waals surface area contributed by atoms with Crippen LogP contribution in [0, 0.1) is 0 Å². The zero-order valence-corrected chi connectivity index (χ0v) is 14.2. The van der Waals surface area contributed by atoms with Crippen LogP contribution in [0.3, 0.4) is 0 Å². The van der Waals surface area contributed by atoms with Crippen molar-refractivity contribution in [3.63, 3.8) is 0 Å². The molecule has 7 nitrogen and oxygen atoms in total. The minimum Gasteiger partial charge on any atom is -0.477 e. The molecule has 1 fully saturated rings. The fourth-order valence-corrected chi connectivity index (χ4v) is 2.95. The third-order valence-electron chi connectivity index (χ3n) is 4.32. The van der Waals surface area contributed by atoms with Gasteiger partial charge in [0.25, 0.3) is 11.8 Å². The fourth-order valence-electron chi connectivity index (χ4n) is 2.95. The van der Waals surface area contributed by atoms with Crippen molar-refractivity contribution < 1.29 is 19.5 Å². The maximum absolute atomic E-state index is 12.7. The van der Waals surface area contributed by atoms with Crippen LogP contribution in [0.15, 0.2) is 48.7 Å². The Morgan fingerprint density at radius 1 is 0.846 bits per heavy atom. The highest BCUT2D eigenvalue weighted by Crippen LogP contribution is 2.12. The number of amides is 2. The third kappa shape index (κ3) is 3.88. The van der Waals surface area contributed by atoms with Gasteiger partial charge in [-0.15, -0.1) is 0 Å². The number of nitrogens with zero attached hydrogens (tertiary/aromatic N) is 3. The highest BCUT2D eigenvalue weighted by Gasteiger charge is 2.24. The third-order valence-corrected chi connectivity index (χ3v) is 4.32. The molecule has 1 aliphatic heterocycles. The second kappa shape index (κ2) is 7.77. The molecule has 0 unspecified atom stereocenters. The van der Waals surface area contributed by atoms with Gasteiger partial charge in [-0.05, 0) is 30.7 Å². The van der Waals surface area contributed by atoms with Crippen LogP contribution < -0.4 is 0 Å². The summed E-state index contributed by atoms with van der Waals surface area (Å²) in [5.74, 6) is -1.46. The average Bonchev–Trinajstić information content (AvgIpc) is 2.94. The summed E-state index contributed by atoms with van der Waals surface area (Å²) < 4.78 is 0. The van der Waals surface area contributed by atoms with Gasteiger partial charge in [0.15, 0.2) is 0 Å². The number of carbonyl (C=O) groups excluding carboxylic acids is 2. The number of carboxylic acids is 1. The van der Waals surface area contributed by atoms with E-state index >= 15 is 0 Å². The molecule has 0 spiro atoms. The average molecular weight is 353 g/mol. The first-order valence-corrected chi connectivity index (χ1v) is 8.39. The first kappa shape index (κ1) is 17.6. The van der Waals surface area contributed by atoms with Crippen molar-refractivity contribution in [1.82, 2.24) is 14.8 Å². The van der Waals surface area contributed by atoms with Crippen LogP contribution in [0.4, 0.5) is 0 Å². The van der Waals surface area contributed by atoms with Gasteiger partial charge in [0.05, 0.1) is 0 Å². The number of pyridine rings is 1. The van der Waals surface area contributed by atoms with E-state index in [1.165, 1.54) is 18.3 Å². The molecule has 0 bridgehead atoms. The highest BCUT2D eigenvalue weighted by atomic mass is 16.4. The van der Waals surface area contributed by atoms with Gasteiger partial charge in [0.2, 0.25) is 0 Å². The normalized spacial score (nSPS) is 14.6. The minimum atomic E-state index is -1.17. The van der Waals surface area contributed by atoms with Crippen LogP contribution >= 0.6 is 0 Å². The molecular formula is C19H19N3O4. The molecule has 1 aromatic carbocycles. The van der Waals surface area contributed by atoms with E-state index in [1.807, 2.05) is 18.2 Å². The van der Waals surface area contributed by atoms with Gasteiger partial charge >= 0.3 is 5.97 Å². The maximum Gasteiger partial charge on any atom is 0.354 e. The Kier molecular flexibility index (Phi) is 5.26. The first-order chi connectivity index (χ1) is 12.6. The van der Waals surface area contributed by atoms with Crippen molar-refractivity contribution in [2.45, 2.75) is 6.42 Å². The second-order valence-electron chi connectivity index (χ2n) is 6.04. The van der Waals surface area contributed by atoms with Crippen molar-refractivity contribution in [3.05, 3.63) is 65.5 Å².